The Labute approximate surface area is 95.7 Å². The number of rotatable bonds is 1. The zero-order valence-corrected chi connectivity index (χ0v) is 8.71. The van der Waals surface area contributed by atoms with Crippen LogP contribution in [-0.4, -0.2) is 19.6 Å². The van der Waals surface area contributed by atoms with Crippen LogP contribution in [0.3, 0.4) is 0 Å². The summed E-state index contributed by atoms with van der Waals surface area (Å²) in [6.45, 7) is 0. The van der Waals surface area contributed by atoms with Gasteiger partial charge in [-0.05, 0) is 18.2 Å². The molecule has 2 heterocycles. The first-order valence-electron chi connectivity index (χ1n) is 4.96. The summed E-state index contributed by atoms with van der Waals surface area (Å²) in [6.07, 6.45) is 4.93. The van der Waals surface area contributed by atoms with Gasteiger partial charge in [-0.25, -0.2) is 4.39 Å². The quantitative estimate of drug-likeness (QED) is 0.642. The molecular formula is C11H8FN5. The first kappa shape index (κ1) is 9.71. The molecule has 17 heavy (non-hydrogen) atoms. The van der Waals surface area contributed by atoms with Gasteiger partial charge in [-0.3, -0.25) is 9.38 Å². The summed E-state index contributed by atoms with van der Waals surface area (Å²) in [4.78, 5) is 3.93. The smallest absolute Gasteiger partial charge is 0.179 e. The molecule has 3 rings (SSSR count). The van der Waals surface area contributed by atoms with Gasteiger partial charge in [0.15, 0.2) is 11.5 Å². The van der Waals surface area contributed by atoms with E-state index >= 15 is 0 Å². The second-order valence-corrected chi connectivity index (χ2v) is 3.56. The number of fused-ring (bicyclic) bond motifs is 1. The van der Waals surface area contributed by atoms with E-state index in [1.807, 2.05) is 0 Å². The first-order valence-corrected chi connectivity index (χ1v) is 4.96. The van der Waals surface area contributed by atoms with Crippen molar-refractivity contribution >= 4 is 11.3 Å². The summed E-state index contributed by atoms with van der Waals surface area (Å²) in [7, 11) is 0. The van der Waals surface area contributed by atoms with Crippen molar-refractivity contribution in [2.45, 2.75) is 0 Å². The molecule has 0 bridgehead atoms. The summed E-state index contributed by atoms with van der Waals surface area (Å²) >= 11 is 0. The van der Waals surface area contributed by atoms with E-state index < -0.39 is 5.82 Å². The minimum atomic E-state index is -0.465. The highest BCUT2D eigenvalue weighted by Gasteiger charge is 2.09. The normalized spacial score (nSPS) is 10.9. The van der Waals surface area contributed by atoms with Gasteiger partial charge in [0.1, 0.15) is 5.82 Å². The van der Waals surface area contributed by atoms with Gasteiger partial charge in [0.25, 0.3) is 0 Å². The summed E-state index contributed by atoms with van der Waals surface area (Å²) < 4.78 is 15.1. The Morgan fingerprint density at radius 2 is 2.12 bits per heavy atom. The number of hydrogen-bond donors (Lipinski definition) is 1. The van der Waals surface area contributed by atoms with E-state index in [4.69, 9.17) is 5.73 Å². The predicted molar refractivity (Wildman–Crippen MR) is 60.6 cm³/mol. The topological polar surface area (TPSA) is 69.1 Å². The maximum atomic E-state index is 13.4. The van der Waals surface area contributed by atoms with Crippen LogP contribution in [0.25, 0.3) is 17.0 Å². The standard InChI is InChI=1S/C11H8FN5/c12-8-5-7(1-2-9(8)13)11-16-15-10-6-14-3-4-17(10)11/h1-6H,13H2. The predicted octanol–water partition coefficient (Wildman–Crippen LogP) is 1.51. The molecule has 0 atom stereocenters. The number of nitrogens with two attached hydrogens (primary N) is 1. The molecule has 5 nitrogen and oxygen atoms in total. The van der Waals surface area contributed by atoms with Crippen molar-refractivity contribution in [3.63, 3.8) is 0 Å². The van der Waals surface area contributed by atoms with E-state index in [9.17, 15) is 4.39 Å². The Kier molecular flexibility index (Phi) is 2.01. The lowest BCUT2D eigenvalue weighted by Gasteiger charge is -2.01. The molecule has 1 aromatic carbocycles. The molecule has 0 spiro atoms. The molecule has 0 aliphatic rings. The van der Waals surface area contributed by atoms with Crippen LogP contribution in [0.5, 0.6) is 0 Å². The van der Waals surface area contributed by atoms with Crippen molar-refractivity contribution < 1.29 is 4.39 Å². The number of aromatic nitrogens is 4. The van der Waals surface area contributed by atoms with Crippen LogP contribution < -0.4 is 5.73 Å². The minimum Gasteiger partial charge on any atom is -0.396 e. The van der Waals surface area contributed by atoms with Crippen molar-refractivity contribution in [3.05, 3.63) is 42.6 Å². The highest BCUT2D eigenvalue weighted by Crippen LogP contribution is 2.21. The summed E-state index contributed by atoms with van der Waals surface area (Å²) in [5, 5.41) is 7.95. The zero-order chi connectivity index (χ0) is 11.8. The average Bonchev–Trinajstić information content (AvgIpc) is 2.76. The maximum Gasteiger partial charge on any atom is 0.179 e. The van der Waals surface area contributed by atoms with Gasteiger partial charge in [0, 0.05) is 18.0 Å². The molecule has 2 N–H and O–H groups in total. The molecule has 6 heteroatoms. The van der Waals surface area contributed by atoms with Gasteiger partial charge in [-0.1, -0.05) is 0 Å². The molecule has 0 aliphatic carbocycles. The molecular weight excluding hydrogens is 221 g/mol. The highest BCUT2D eigenvalue weighted by atomic mass is 19.1. The van der Waals surface area contributed by atoms with Crippen LogP contribution >= 0.6 is 0 Å². The Morgan fingerprint density at radius 1 is 1.24 bits per heavy atom. The fraction of sp³-hybridized carbons (Fsp3) is 0. The molecule has 0 fully saturated rings. The lowest BCUT2D eigenvalue weighted by atomic mass is 10.2. The van der Waals surface area contributed by atoms with E-state index in [2.05, 4.69) is 15.2 Å². The number of nitrogen functional groups attached to an aromatic ring is 1. The third kappa shape index (κ3) is 1.50. The Balaban J connectivity index is 2.24. The lowest BCUT2D eigenvalue weighted by molar-refractivity contribution is 0.633. The SMILES string of the molecule is Nc1ccc(-c2nnc3cnccn23)cc1F. The van der Waals surface area contributed by atoms with Gasteiger partial charge in [-0.15, -0.1) is 10.2 Å². The van der Waals surface area contributed by atoms with Crippen molar-refractivity contribution in [3.8, 4) is 11.4 Å². The number of anilines is 1. The van der Waals surface area contributed by atoms with E-state index in [1.54, 1.807) is 29.1 Å². The lowest BCUT2D eigenvalue weighted by Crippen LogP contribution is -1.93. The van der Waals surface area contributed by atoms with Crippen LogP contribution in [0.15, 0.2) is 36.8 Å². The van der Waals surface area contributed by atoms with Gasteiger partial charge < -0.3 is 5.73 Å². The van der Waals surface area contributed by atoms with E-state index in [0.29, 0.717) is 17.0 Å². The molecule has 0 amide bonds. The van der Waals surface area contributed by atoms with Crippen molar-refractivity contribution in [2.24, 2.45) is 0 Å². The Hall–Kier alpha value is -2.50. The first-order chi connectivity index (χ1) is 8.25. The van der Waals surface area contributed by atoms with Crippen LogP contribution in [0.4, 0.5) is 10.1 Å². The molecule has 3 aromatic rings. The molecule has 0 radical (unpaired) electrons. The second kappa shape index (κ2) is 3.51. The minimum absolute atomic E-state index is 0.115. The Morgan fingerprint density at radius 3 is 2.94 bits per heavy atom. The molecule has 0 saturated heterocycles. The molecule has 0 aliphatic heterocycles. The van der Waals surface area contributed by atoms with Crippen molar-refractivity contribution in [1.82, 2.24) is 19.6 Å². The molecule has 0 unspecified atom stereocenters. The van der Waals surface area contributed by atoms with Gasteiger partial charge in [-0.2, -0.15) is 0 Å². The third-order valence-corrected chi connectivity index (χ3v) is 2.47. The van der Waals surface area contributed by atoms with Gasteiger partial charge in [0.2, 0.25) is 0 Å². The van der Waals surface area contributed by atoms with Gasteiger partial charge >= 0.3 is 0 Å². The molecule has 0 saturated carbocycles. The number of nitrogens with zero attached hydrogens (tertiary/aromatic N) is 4. The highest BCUT2D eigenvalue weighted by molar-refractivity contribution is 5.62. The zero-order valence-electron chi connectivity index (χ0n) is 8.71. The third-order valence-electron chi connectivity index (χ3n) is 2.47. The van der Waals surface area contributed by atoms with E-state index in [-0.39, 0.29) is 5.69 Å². The van der Waals surface area contributed by atoms with Crippen LogP contribution in [0.1, 0.15) is 0 Å². The van der Waals surface area contributed by atoms with Gasteiger partial charge in [0.05, 0.1) is 11.9 Å². The van der Waals surface area contributed by atoms with E-state index in [0.717, 1.165) is 0 Å². The average molecular weight is 229 g/mol. The Bertz CT molecular complexity index is 691. The summed E-state index contributed by atoms with van der Waals surface area (Å²) in [6, 6.07) is 4.55. The van der Waals surface area contributed by atoms with Crippen LogP contribution in [-0.2, 0) is 0 Å². The summed E-state index contributed by atoms with van der Waals surface area (Å²) in [5.41, 5.74) is 6.77. The van der Waals surface area contributed by atoms with Crippen LogP contribution in [0, 0.1) is 5.82 Å². The second-order valence-electron chi connectivity index (χ2n) is 3.56. The fourth-order valence-corrected chi connectivity index (χ4v) is 1.62. The summed E-state index contributed by atoms with van der Waals surface area (Å²) in [5.74, 6) is 0.0922. The maximum absolute atomic E-state index is 13.4. The van der Waals surface area contributed by atoms with E-state index in [1.165, 1.54) is 12.1 Å². The number of benzene rings is 1. The number of hydrogen-bond acceptors (Lipinski definition) is 4. The van der Waals surface area contributed by atoms with Crippen LogP contribution in [0.2, 0.25) is 0 Å². The van der Waals surface area contributed by atoms with Crippen molar-refractivity contribution in [2.75, 3.05) is 5.73 Å². The monoisotopic (exact) mass is 229 g/mol. The largest absolute Gasteiger partial charge is 0.396 e. The molecule has 84 valence electrons. The molecule has 2 aromatic heterocycles. The number of halogens is 1. The fourth-order valence-electron chi connectivity index (χ4n) is 1.62. The van der Waals surface area contributed by atoms with Crippen molar-refractivity contribution in [1.29, 1.82) is 0 Å².